The Morgan fingerprint density at radius 1 is 1.27 bits per heavy atom. The molecule has 0 spiro atoms. The second-order valence-corrected chi connectivity index (χ2v) is 6.03. The summed E-state index contributed by atoms with van der Waals surface area (Å²) in [7, 11) is 0. The summed E-state index contributed by atoms with van der Waals surface area (Å²) in [5.41, 5.74) is 0.332. The van der Waals surface area contributed by atoms with E-state index in [4.69, 9.17) is 0 Å². The van der Waals surface area contributed by atoms with Crippen LogP contribution in [0, 0.1) is 5.92 Å². The molecule has 3 heterocycles. The Bertz CT molecular complexity index is 923. The average molecular weight is 362 g/mol. The maximum Gasteiger partial charge on any atom is 0.416 e. The number of fused-ring (bicyclic) bond motifs is 1. The first kappa shape index (κ1) is 16.3. The van der Waals surface area contributed by atoms with Crippen molar-refractivity contribution < 1.29 is 18.0 Å². The molecule has 1 atom stereocenters. The molecular formula is C16H13F3N6O. The number of benzene rings is 1. The van der Waals surface area contributed by atoms with Gasteiger partial charge in [-0.05, 0) is 17.7 Å². The fraction of sp³-hybridized carbons (Fsp3) is 0.250. The quantitative estimate of drug-likeness (QED) is 0.749. The van der Waals surface area contributed by atoms with Crippen molar-refractivity contribution in [3.63, 3.8) is 0 Å². The third-order valence-electron chi connectivity index (χ3n) is 4.26. The molecule has 1 aromatic carbocycles. The molecule has 10 heteroatoms. The van der Waals surface area contributed by atoms with Gasteiger partial charge in [-0.2, -0.15) is 18.3 Å². The first-order valence-corrected chi connectivity index (χ1v) is 7.81. The standard InChI is InChI=1S/C16H13F3N6O/c17-16(18,19)11-3-1-9(2-4-11)12-6-13(23-22-12)21-15(26)10-5-14-24-20-8-25(14)7-10/h1-4,6,8,10H,5,7H2,(H2,21,22,23,26). The van der Waals surface area contributed by atoms with Crippen molar-refractivity contribution in [1.82, 2.24) is 25.0 Å². The summed E-state index contributed by atoms with van der Waals surface area (Å²) in [6.07, 6.45) is -2.29. The van der Waals surface area contributed by atoms with Gasteiger partial charge >= 0.3 is 6.18 Å². The van der Waals surface area contributed by atoms with E-state index < -0.39 is 11.7 Å². The van der Waals surface area contributed by atoms with Crippen molar-refractivity contribution in [2.45, 2.75) is 19.1 Å². The van der Waals surface area contributed by atoms with E-state index in [1.807, 2.05) is 4.57 Å². The van der Waals surface area contributed by atoms with E-state index in [2.05, 4.69) is 25.7 Å². The van der Waals surface area contributed by atoms with E-state index in [-0.39, 0.29) is 11.8 Å². The zero-order valence-electron chi connectivity index (χ0n) is 13.3. The summed E-state index contributed by atoms with van der Waals surface area (Å²) in [6, 6.07) is 6.29. The van der Waals surface area contributed by atoms with Crippen molar-refractivity contribution in [2.75, 3.05) is 5.32 Å². The van der Waals surface area contributed by atoms with Gasteiger partial charge in [0.25, 0.3) is 0 Å². The van der Waals surface area contributed by atoms with Gasteiger partial charge in [0.2, 0.25) is 5.91 Å². The number of carbonyl (C=O) groups excluding carboxylic acids is 1. The Morgan fingerprint density at radius 2 is 2.04 bits per heavy atom. The highest BCUT2D eigenvalue weighted by molar-refractivity contribution is 5.92. The van der Waals surface area contributed by atoms with Crippen molar-refractivity contribution in [1.29, 1.82) is 0 Å². The molecule has 0 saturated heterocycles. The van der Waals surface area contributed by atoms with Crippen LogP contribution in [0.4, 0.5) is 19.0 Å². The monoisotopic (exact) mass is 362 g/mol. The van der Waals surface area contributed by atoms with Gasteiger partial charge in [0, 0.05) is 19.0 Å². The number of hydrogen-bond donors (Lipinski definition) is 2. The Morgan fingerprint density at radius 3 is 2.73 bits per heavy atom. The van der Waals surface area contributed by atoms with Crippen molar-refractivity contribution in [3.05, 3.63) is 48.0 Å². The zero-order valence-corrected chi connectivity index (χ0v) is 13.3. The second kappa shape index (κ2) is 5.97. The predicted molar refractivity (Wildman–Crippen MR) is 84.9 cm³/mol. The van der Waals surface area contributed by atoms with E-state index in [0.717, 1.165) is 18.0 Å². The minimum Gasteiger partial charge on any atom is -0.317 e. The molecule has 0 bridgehead atoms. The fourth-order valence-electron chi connectivity index (χ4n) is 2.89. The predicted octanol–water partition coefficient (Wildman–Crippen LogP) is 2.50. The van der Waals surface area contributed by atoms with Crippen LogP contribution in [0.3, 0.4) is 0 Å². The first-order valence-electron chi connectivity index (χ1n) is 7.81. The van der Waals surface area contributed by atoms with Crippen LogP contribution in [0.2, 0.25) is 0 Å². The number of halogens is 3. The van der Waals surface area contributed by atoms with E-state index in [1.54, 1.807) is 12.4 Å². The molecule has 7 nitrogen and oxygen atoms in total. The van der Waals surface area contributed by atoms with Crippen LogP contribution in [-0.2, 0) is 23.9 Å². The van der Waals surface area contributed by atoms with Gasteiger partial charge in [0.1, 0.15) is 12.2 Å². The van der Waals surface area contributed by atoms with E-state index in [9.17, 15) is 18.0 Å². The molecule has 0 fully saturated rings. The van der Waals surface area contributed by atoms with Crippen LogP contribution < -0.4 is 5.32 Å². The van der Waals surface area contributed by atoms with Gasteiger partial charge in [-0.1, -0.05) is 12.1 Å². The lowest BCUT2D eigenvalue weighted by molar-refractivity contribution is -0.137. The summed E-state index contributed by atoms with van der Waals surface area (Å²) in [4.78, 5) is 12.3. The number of nitrogens with zero attached hydrogens (tertiary/aromatic N) is 4. The van der Waals surface area contributed by atoms with E-state index in [0.29, 0.717) is 30.0 Å². The van der Waals surface area contributed by atoms with Crippen molar-refractivity contribution >= 4 is 11.7 Å². The Balaban J connectivity index is 1.43. The molecule has 0 saturated carbocycles. The Labute approximate surface area is 145 Å². The SMILES string of the molecule is O=C(Nc1cc(-c2ccc(C(F)(F)F)cc2)[nH]n1)C1Cc2nncn2C1. The number of alkyl halides is 3. The van der Waals surface area contributed by atoms with Gasteiger partial charge in [-0.3, -0.25) is 9.89 Å². The molecule has 0 aliphatic carbocycles. The maximum atomic E-state index is 12.6. The highest BCUT2D eigenvalue weighted by atomic mass is 19.4. The number of aromatic nitrogens is 5. The zero-order chi connectivity index (χ0) is 18.3. The summed E-state index contributed by atoms with van der Waals surface area (Å²) in [5, 5.41) is 17.1. The van der Waals surface area contributed by atoms with Crippen LogP contribution in [-0.4, -0.2) is 30.9 Å². The molecule has 2 N–H and O–H groups in total. The minimum absolute atomic E-state index is 0.194. The molecule has 1 unspecified atom stereocenters. The number of carbonyl (C=O) groups is 1. The molecule has 1 aliphatic rings. The summed E-state index contributed by atoms with van der Waals surface area (Å²) >= 11 is 0. The maximum absolute atomic E-state index is 12.6. The average Bonchev–Trinajstić information content (AvgIpc) is 3.29. The molecule has 2 aromatic heterocycles. The summed E-state index contributed by atoms with van der Waals surface area (Å²) in [5.74, 6) is 0.623. The van der Waals surface area contributed by atoms with Gasteiger partial charge in [0.05, 0.1) is 17.2 Å². The topological polar surface area (TPSA) is 88.5 Å². The molecule has 134 valence electrons. The number of anilines is 1. The molecule has 1 amide bonds. The van der Waals surface area contributed by atoms with Gasteiger partial charge in [-0.25, -0.2) is 0 Å². The second-order valence-electron chi connectivity index (χ2n) is 6.03. The van der Waals surface area contributed by atoms with E-state index >= 15 is 0 Å². The van der Waals surface area contributed by atoms with Crippen LogP contribution >= 0.6 is 0 Å². The van der Waals surface area contributed by atoms with Crippen LogP contribution in [0.15, 0.2) is 36.7 Å². The third kappa shape index (κ3) is 3.05. The molecule has 4 rings (SSSR count). The molecule has 0 radical (unpaired) electrons. The number of amides is 1. The number of hydrogen-bond acceptors (Lipinski definition) is 4. The van der Waals surface area contributed by atoms with Gasteiger partial charge in [0.15, 0.2) is 5.82 Å². The van der Waals surface area contributed by atoms with Gasteiger partial charge in [-0.15, -0.1) is 10.2 Å². The molecule has 26 heavy (non-hydrogen) atoms. The number of H-pyrrole nitrogens is 1. The largest absolute Gasteiger partial charge is 0.416 e. The normalized spacial score (nSPS) is 16.5. The highest BCUT2D eigenvalue weighted by Crippen LogP contribution is 2.31. The van der Waals surface area contributed by atoms with Crippen molar-refractivity contribution in [2.24, 2.45) is 5.92 Å². The smallest absolute Gasteiger partial charge is 0.317 e. The van der Waals surface area contributed by atoms with Crippen LogP contribution in [0.1, 0.15) is 11.4 Å². The number of aromatic amines is 1. The number of rotatable bonds is 3. The fourth-order valence-corrected chi connectivity index (χ4v) is 2.89. The highest BCUT2D eigenvalue weighted by Gasteiger charge is 2.30. The lowest BCUT2D eigenvalue weighted by atomic mass is 10.1. The van der Waals surface area contributed by atoms with Crippen LogP contribution in [0.25, 0.3) is 11.3 Å². The molecule has 1 aliphatic heterocycles. The minimum atomic E-state index is -4.38. The molecule has 3 aromatic rings. The van der Waals surface area contributed by atoms with Crippen molar-refractivity contribution in [3.8, 4) is 11.3 Å². The summed E-state index contributed by atoms with van der Waals surface area (Å²) in [6.45, 7) is 0.504. The Kier molecular flexibility index (Phi) is 3.74. The first-order chi connectivity index (χ1) is 12.4. The number of nitrogens with one attached hydrogen (secondary N) is 2. The summed E-state index contributed by atoms with van der Waals surface area (Å²) < 4.78 is 39.7. The Hall–Kier alpha value is -3.17. The molecular weight excluding hydrogens is 349 g/mol. The third-order valence-corrected chi connectivity index (χ3v) is 4.26. The van der Waals surface area contributed by atoms with Gasteiger partial charge < -0.3 is 9.88 Å². The van der Waals surface area contributed by atoms with Crippen LogP contribution in [0.5, 0.6) is 0 Å². The lowest BCUT2D eigenvalue weighted by Gasteiger charge is -2.07. The lowest BCUT2D eigenvalue weighted by Crippen LogP contribution is -2.24. The van der Waals surface area contributed by atoms with E-state index in [1.165, 1.54) is 12.1 Å².